The van der Waals surface area contributed by atoms with Gasteiger partial charge in [-0.3, -0.25) is 0 Å². The second kappa shape index (κ2) is 4.37. The molecular weight excluding hydrogens is 170 g/mol. The minimum absolute atomic E-state index is 0.101. The minimum Gasteiger partial charge on any atom is -0.389 e. The predicted molar refractivity (Wildman–Crippen MR) is 47.6 cm³/mol. The first-order chi connectivity index (χ1) is 6.36. The maximum atomic E-state index is 9.43. The zero-order chi connectivity index (χ0) is 9.10. The molecule has 0 aromatic heterocycles. The molecule has 2 heterocycles. The maximum Gasteiger partial charge on any atom is 0.0948 e. The molecule has 2 aliphatic heterocycles. The molecule has 0 radical (unpaired) electrons. The van der Waals surface area contributed by atoms with E-state index in [1.807, 2.05) is 0 Å². The van der Waals surface area contributed by atoms with Gasteiger partial charge in [0.25, 0.3) is 0 Å². The number of hydrogen-bond acceptors (Lipinski definition) is 4. The SMILES string of the molecule is OC1COCC1NCC1CCCO1. The van der Waals surface area contributed by atoms with Crippen LogP contribution in [0.25, 0.3) is 0 Å². The van der Waals surface area contributed by atoms with Crippen molar-refractivity contribution in [3.05, 3.63) is 0 Å². The lowest BCUT2D eigenvalue weighted by molar-refractivity contribution is 0.0973. The molecule has 13 heavy (non-hydrogen) atoms. The Balaban J connectivity index is 1.66. The molecule has 3 atom stereocenters. The number of aliphatic hydroxyl groups is 1. The molecule has 0 amide bonds. The summed E-state index contributed by atoms with van der Waals surface area (Å²) in [5, 5.41) is 12.7. The summed E-state index contributed by atoms with van der Waals surface area (Å²) in [6.07, 6.45) is 2.29. The first kappa shape index (κ1) is 9.40. The van der Waals surface area contributed by atoms with Gasteiger partial charge in [-0.25, -0.2) is 0 Å². The van der Waals surface area contributed by atoms with Gasteiger partial charge in [-0.2, -0.15) is 0 Å². The van der Waals surface area contributed by atoms with Crippen LogP contribution in [0, 0.1) is 0 Å². The van der Waals surface area contributed by atoms with Crippen LogP contribution < -0.4 is 5.32 Å². The molecule has 4 heteroatoms. The van der Waals surface area contributed by atoms with Crippen LogP contribution in [0.3, 0.4) is 0 Å². The highest BCUT2D eigenvalue weighted by Gasteiger charge is 2.26. The molecule has 2 rings (SSSR count). The van der Waals surface area contributed by atoms with Gasteiger partial charge in [0.15, 0.2) is 0 Å². The Hall–Kier alpha value is -0.160. The van der Waals surface area contributed by atoms with Crippen molar-refractivity contribution in [3.63, 3.8) is 0 Å². The van der Waals surface area contributed by atoms with E-state index >= 15 is 0 Å². The number of hydrogen-bond donors (Lipinski definition) is 2. The van der Waals surface area contributed by atoms with Crippen molar-refractivity contribution in [2.75, 3.05) is 26.4 Å². The third-order valence-corrected chi connectivity index (χ3v) is 2.68. The summed E-state index contributed by atoms with van der Waals surface area (Å²) in [4.78, 5) is 0. The summed E-state index contributed by atoms with van der Waals surface area (Å²) in [7, 11) is 0. The lowest BCUT2D eigenvalue weighted by Gasteiger charge is -2.17. The highest BCUT2D eigenvalue weighted by Crippen LogP contribution is 2.12. The van der Waals surface area contributed by atoms with Gasteiger partial charge in [0.2, 0.25) is 0 Å². The molecule has 0 aromatic carbocycles. The Morgan fingerprint density at radius 2 is 2.31 bits per heavy atom. The van der Waals surface area contributed by atoms with Crippen molar-refractivity contribution >= 4 is 0 Å². The van der Waals surface area contributed by atoms with Crippen molar-refractivity contribution < 1.29 is 14.6 Å². The summed E-state index contributed by atoms with van der Waals surface area (Å²) in [6.45, 7) is 2.80. The van der Waals surface area contributed by atoms with E-state index in [0.29, 0.717) is 19.3 Å². The van der Waals surface area contributed by atoms with Gasteiger partial charge in [0.05, 0.1) is 31.5 Å². The van der Waals surface area contributed by atoms with E-state index in [1.165, 1.54) is 0 Å². The van der Waals surface area contributed by atoms with E-state index in [2.05, 4.69) is 5.32 Å². The lowest BCUT2D eigenvalue weighted by atomic mass is 10.2. The zero-order valence-corrected chi connectivity index (χ0v) is 7.74. The molecule has 3 unspecified atom stereocenters. The first-order valence-corrected chi connectivity index (χ1v) is 4.97. The van der Waals surface area contributed by atoms with E-state index in [9.17, 15) is 5.11 Å². The third kappa shape index (κ3) is 2.40. The number of nitrogens with one attached hydrogen (secondary N) is 1. The smallest absolute Gasteiger partial charge is 0.0948 e. The molecule has 0 aromatic rings. The van der Waals surface area contributed by atoms with E-state index in [1.54, 1.807) is 0 Å². The topological polar surface area (TPSA) is 50.7 Å². The van der Waals surface area contributed by atoms with E-state index in [0.717, 1.165) is 26.0 Å². The van der Waals surface area contributed by atoms with Gasteiger partial charge in [-0.1, -0.05) is 0 Å². The largest absolute Gasteiger partial charge is 0.389 e. The Morgan fingerprint density at radius 1 is 1.38 bits per heavy atom. The van der Waals surface area contributed by atoms with Gasteiger partial charge < -0.3 is 19.9 Å². The number of aliphatic hydroxyl groups excluding tert-OH is 1. The zero-order valence-electron chi connectivity index (χ0n) is 7.74. The molecule has 2 fully saturated rings. The Kier molecular flexibility index (Phi) is 3.16. The predicted octanol–water partition coefficient (Wildman–Crippen LogP) is -0.485. The summed E-state index contributed by atoms with van der Waals surface area (Å²) >= 11 is 0. The standard InChI is InChI=1S/C9H17NO3/c11-9-6-12-5-8(9)10-4-7-2-1-3-13-7/h7-11H,1-6H2. The molecule has 2 saturated heterocycles. The Labute approximate surface area is 78.2 Å². The average Bonchev–Trinajstić information content (AvgIpc) is 2.72. The summed E-state index contributed by atoms with van der Waals surface area (Å²) < 4.78 is 10.6. The van der Waals surface area contributed by atoms with Crippen molar-refractivity contribution in [1.29, 1.82) is 0 Å². The molecule has 0 aliphatic carbocycles. The highest BCUT2D eigenvalue weighted by molar-refractivity contribution is 4.82. The highest BCUT2D eigenvalue weighted by atomic mass is 16.5. The molecule has 76 valence electrons. The molecule has 0 bridgehead atoms. The van der Waals surface area contributed by atoms with E-state index in [4.69, 9.17) is 9.47 Å². The van der Waals surface area contributed by atoms with Crippen molar-refractivity contribution in [2.24, 2.45) is 0 Å². The van der Waals surface area contributed by atoms with Crippen molar-refractivity contribution in [3.8, 4) is 0 Å². The lowest BCUT2D eigenvalue weighted by Crippen LogP contribution is -2.42. The van der Waals surface area contributed by atoms with Crippen LogP contribution in [0.4, 0.5) is 0 Å². The van der Waals surface area contributed by atoms with E-state index in [-0.39, 0.29) is 12.1 Å². The normalized spacial score (nSPS) is 39.9. The van der Waals surface area contributed by atoms with Crippen molar-refractivity contribution in [1.82, 2.24) is 5.32 Å². The van der Waals surface area contributed by atoms with Gasteiger partial charge in [0.1, 0.15) is 0 Å². The molecule has 2 aliphatic rings. The van der Waals surface area contributed by atoms with Crippen LogP contribution in [0.5, 0.6) is 0 Å². The molecule has 0 saturated carbocycles. The average molecular weight is 187 g/mol. The summed E-state index contributed by atoms with van der Waals surface area (Å²) in [5.41, 5.74) is 0. The number of ether oxygens (including phenoxy) is 2. The maximum absolute atomic E-state index is 9.43. The number of rotatable bonds is 3. The second-order valence-electron chi connectivity index (χ2n) is 3.75. The monoisotopic (exact) mass is 187 g/mol. The minimum atomic E-state index is -0.346. The quantitative estimate of drug-likeness (QED) is 0.626. The van der Waals surface area contributed by atoms with Gasteiger partial charge in [0, 0.05) is 13.2 Å². The second-order valence-corrected chi connectivity index (χ2v) is 3.75. The fourth-order valence-electron chi connectivity index (χ4n) is 1.83. The molecule has 2 N–H and O–H groups in total. The summed E-state index contributed by atoms with van der Waals surface area (Å²) in [6, 6.07) is 0.101. The third-order valence-electron chi connectivity index (χ3n) is 2.68. The Bertz CT molecular complexity index is 159. The van der Waals surface area contributed by atoms with Crippen LogP contribution in [0.1, 0.15) is 12.8 Å². The van der Waals surface area contributed by atoms with Gasteiger partial charge in [-0.05, 0) is 12.8 Å². The molecular formula is C9H17NO3. The molecule has 0 spiro atoms. The van der Waals surface area contributed by atoms with Crippen LogP contribution in [0.15, 0.2) is 0 Å². The first-order valence-electron chi connectivity index (χ1n) is 4.97. The van der Waals surface area contributed by atoms with Crippen molar-refractivity contribution in [2.45, 2.75) is 31.1 Å². The summed E-state index contributed by atoms with van der Waals surface area (Å²) in [5.74, 6) is 0. The van der Waals surface area contributed by atoms with Gasteiger partial charge in [-0.15, -0.1) is 0 Å². The Morgan fingerprint density at radius 3 is 2.92 bits per heavy atom. The fourth-order valence-corrected chi connectivity index (χ4v) is 1.83. The molecule has 4 nitrogen and oxygen atoms in total. The van der Waals surface area contributed by atoms with Gasteiger partial charge >= 0.3 is 0 Å². The van der Waals surface area contributed by atoms with Crippen LogP contribution in [-0.4, -0.2) is 49.7 Å². The fraction of sp³-hybridized carbons (Fsp3) is 1.00. The van der Waals surface area contributed by atoms with Crippen LogP contribution in [-0.2, 0) is 9.47 Å². The van der Waals surface area contributed by atoms with Crippen LogP contribution >= 0.6 is 0 Å². The van der Waals surface area contributed by atoms with Crippen LogP contribution in [0.2, 0.25) is 0 Å². The van der Waals surface area contributed by atoms with E-state index < -0.39 is 0 Å².